The maximum absolute atomic E-state index is 12.8. The van der Waals surface area contributed by atoms with E-state index >= 15 is 0 Å². The Kier molecular flexibility index (Phi) is 5.32. The Morgan fingerprint density at radius 1 is 1.15 bits per heavy atom. The number of amides is 1. The van der Waals surface area contributed by atoms with E-state index in [0.717, 1.165) is 17.2 Å². The van der Waals surface area contributed by atoms with Gasteiger partial charge in [0.15, 0.2) is 0 Å². The Hall–Kier alpha value is -1.39. The second kappa shape index (κ2) is 7.69. The van der Waals surface area contributed by atoms with E-state index in [2.05, 4.69) is 29.2 Å². The predicted octanol–water partition coefficient (Wildman–Crippen LogP) is 4.80. The van der Waals surface area contributed by atoms with Crippen molar-refractivity contribution in [1.29, 1.82) is 0 Å². The average Bonchev–Trinajstić information content (AvgIpc) is 3.42. The van der Waals surface area contributed by atoms with Gasteiger partial charge < -0.3 is 4.90 Å². The van der Waals surface area contributed by atoms with Crippen LogP contribution in [0.3, 0.4) is 0 Å². The minimum atomic E-state index is 0.156. The normalized spacial score (nSPS) is 21.7. The van der Waals surface area contributed by atoms with Crippen LogP contribution in [0.15, 0.2) is 24.3 Å². The molecule has 2 fully saturated rings. The van der Waals surface area contributed by atoms with Crippen LogP contribution in [0.5, 0.6) is 0 Å². The van der Waals surface area contributed by atoms with Gasteiger partial charge >= 0.3 is 0 Å². The van der Waals surface area contributed by atoms with E-state index in [1.165, 1.54) is 67.3 Å². The highest BCUT2D eigenvalue weighted by Gasteiger charge is 2.30. The van der Waals surface area contributed by atoms with Gasteiger partial charge in [0.2, 0.25) is 0 Å². The van der Waals surface area contributed by atoms with Gasteiger partial charge in [-0.05, 0) is 61.6 Å². The number of benzene rings is 1. The lowest BCUT2D eigenvalue weighted by molar-refractivity contribution is 0.0830. The van der Waals surface area contributed by atoms with Gasteiger partial charge in [-0.2, -0.15) is 0 Å². The second-order valence-electron chi connectivity index (χ2n) is 8.25. The molecule has 0 spiro atoms. The van der Waals surface area contributed by atoms with Crippen molar-refractivity contribution in [2.75, 3.05) is 27.2 Å². The first kappa shape index (κ1) is 18.0. The van der Waals surface area contributed by atoms with Crippen molar-refractivity contribution in [1.82, 2.24) is 9.80 Å². The molecule has 2 aromatic rings. The maximum Gasteiger partial charge on any atom is 0.263 e. The summed E-state index contributed by atoms with van der Waals surface area (Å²) in [5, 5.41) is 1.29. The number of hydrogen-bond donors (Lipinski definition) is 0. The maximum atomic E-state index is 12.8. The molecule has 140 valence electrons. The molecule has 0 bridgehead atoms. The topological polar surface area (TPSA) is 23.6 Å². The van der Waals surface area contributed by atoms with Crippen molar-refractivity contribution in [2.24, 2.45) is 5.92 Å². The largest absolute Gasteiger partial charge is 0.344 e. The summed E-state index contributed by atoms with van der Waals surface area (Å²) in [6.07, 6.45) is 9.12. The first-order valence-corrected chi connectivity index (χ1v) is 10.9. The smallest absolute Gasteiger partial charge is 0.263 e. The molecule has 2 aliphatic rings. The van der Waals surface area contributed by atoms with Crippen LogP contribution >= 0.6 is 11.3 Å². The van der Waals surface area contributed by atoms with Gasteiger partial charge in [0.05, 0.1) is 4.88 Å². The van der Waals surface area contributed by atoms with E-state index in [1.54, 1.807) is 16.2 Å². The molecule has 4 rings (SSSR count). The van der Waals surface area contributed by atoms with Gasteiger partial charge in [-0.15, -0.1) is 11.3 Å². The van der Waals surface area contributed by atoms with Gasteiger partial charge in [-0.1, -0.05) is 31.0 Å². The highest BCUT2D eigenvalue weighted by atomic mass is 32.1. The first-order valence-electron chi connectivity index (χ1n) is 10.1. The van der Waals surface area contributed by atoms with Crippen molar-refractivity contribution in [3.05, 3.63) is 34.7 Å². The number of hydrogen-bond acceptors (Lipinski definition) is 3. The number of thiophene rings is 1. The highest BCUT2D eigenvalue weighted by Crippen LogP contribution is 2.36. The number of nitrogens with zero attached hydrogens (tertiary/aromatic N) is 2. The molecule has 0 radical (unpaired) electrons. The zero-order chi connectivity index (χ0) is 18.1. The standard InChI is InChI=1S/C22H30N2OS/c1-23(2)22(25)21-19(18-9-5-6-10-20(18)26-21)14-17-8-4-3-7-13-24(17)15-16-11-12-16/h5-6,9-10,16-17H,3-4,7-8,11-15H2,1-2H3. The first-order chi connectivity index (χ1) is 12.6. The molecule has 1 saturated heterocycles. The summed E-state index contributed by atoms with van der Waals surface area (Å²) in [5.41, 5.74) is 1.29. The molecular weight excluding hydrogens is 340 g/mol. The highest BCUT2D eigenvalue weighted by molar-refractivity contribution is 7.21. The molecule has 0 N–H and O–H groups in total. The molecule has 2 heterocycles. The molecule has 1 aliphatic carbocycles. The van der Waals surface area contributed by atoms with E-state index < -0.39 is 0 Å². The number of rotatable bonds is 5. The summed E-state index contributed by atoms with van der Waals surface area (Å²) in [6, 6.07) is 9.14. The number of fused-ring (bicyclic) bond motifs is 1. The van der Waals surface area contributed by atoms with Crippen LogP contribution in [0.2, 0.25) is 0 Å². The van der Waals surface area contributed by atoms with E-state index in [-0.39, 0.29) is 5.91 Å². The molecule has 1 amide bonds. The van der Waals surface area contributed by atoms with Crippen LogP contribution in [0.4, 0.5) is 0 Å². The fraction of sp³-hybridized carbons (Fsp3) is 0.591. The lowest BCUT2D eigenvalue weighted by Crippen LogP contribution is -2.38. The SMILES string of the molecule is CN(C)C(=O)c1sc2ccccc2c1CC1CCCCCN1CC1CC1. The van der Waals surface area contributed by atoms with Crippen LogP contribution in [0.25, 0.3) is 10.1 Å². The van der Waals surface area contributed by atoms with Crippen LogP contribution in [-0.2, 0) is 6.42 Å². The summed E-state index contributed by atoms with van der Waals surface area (Å²) in [5.74, 6) is 1.08. The molecule has 1 aliphatic heterocycles. The molecule has 1 aromatic heterocycles. The molecule has 1 unspecified atom stereocenters. The van der Waals surface area contributed by atoms with Crippen molar-refractivity contribution >= 4 is 27.3 Å². The number of carbonyl (C=O) groups excluding carboxylic acids is 1. The van der Waals surface area contributed by atoms with Gasteiger partial charge in [0.25, 0.3) is 5.91 Å². The fourth-order valence-corrected chi connectivity index (χ4v) is 5.51. The van der Waals surface area contributed by atoms with Crippen molar-refractivity contribution in [3.8, 4) is 0 Å². The third-order valence-electron chi connectivity index (χ3n) is 5.93. The van der Waals surface area contributed by atoms with Crippen LogP contribution in [0.1, 0.15) is 53.8 Å². The van der Waals surface area contributed by atoms with Crippen LogP contribution in [-0.4, -0.2) is 48.9 Å². The summed E-state index contributed by atoms with van der Waals surface area (Å²) < 4.78 is 1.25. The van der Waals surface area contributed by atoms with Gasteiger partial charge in [-0.3, -0.25) is 9.69 Å². The lowest BCUT2D eigenvalue weighted by Gasteiger charge is -2.30. The average molecular weight is 371 g/mol. The lowest BCUT2D eigenvalue weighted by atomic mass is 9.97. The number of carbonyl (C=O) groups is 1. The van der Waals surface area contributed by atoms with Crippen LogP contribution in [0, 0.1) is 5.92 Å². The second-order valence-corrected chi connectivity index (χ2v) is 9.30. The van der Waals surface area contributed by atoms with Crippen molar-refractivity contribution in [2.45, 2.75) is 51.0 Å². The summed E-state index contributed by atoms with van der Waals surface area (Å²) >= 11 is 1.67. The van der Waals surface area contributed by atoms with Gasteiger partial charge in [-0.25, -0.2) is 0 Å². The predicted molar refractivity (Wildman–Crippen MR) is 110 cm³/mol. The van der Waals surface area contributed by atoms with Gasteiger partial charge in [0, 0.05) is 31.4 Å². The molecular formula is C22H30N2OS. The third kappa shape index (κ3) is 3.81. The Balaban J connectivity index is 1.67. The van der Waals surface area contributed by atoms with Crippen LogP contribution < -0.4 is 0 Å². The minimum Gasteiger partial charge on any atom is -0.344 e. The fourth-order valence-electron chi connectivity index (χ4n) is 4.25. The Morgan fingerprint density at radius 2 is 1.96 bits per heavy atom. The minimum absolute atomic E-state index is 0.156. The van der Waals surface area contributed by atoms with E-state index in [4.69, 9.17) is 0 Å². The van der Waals surface area contributed by atoms with Crippen molar-refractivity contribution < 1.29 is 4.79 Å². The van der Waals surface area contributed by atoms with E-state index in [1.807, 2.05) is 14.1 Å². The third-order valence-corrected chi connectivity index (χ3v) is 7.13. The number of likely N-dealkylation sites (tertiary alicyclic amines) is 1. The molecule has 3 nitrogen and oxygen atoms in total. The molecule has 26 heavy (non-hydrogen) atoms. The molecule has 1 atom stereocenters. The Morgan fingerprint density at radius 3 is 2.73 bits per heavy atom. The van der Waals surface area contributed by atoms with Gasteiger partial charge in [0.1, 0.15) is 0 Å². The Bertz CT molecular complexity index is 778. The van der Waals surface area contributed by atoms with E-state index in [0.29, 0.717) is 6.04 Å². The molecule has 4 heteroatoms. The zero-order valence-corrected chi connectivity index (χ0v) is 16.9. The summed E-state index contributed by atoms with van der Waals surface area (Å²) in [4.78, 5) is 18.3. The summed E-state index contributed by atoms with van der Waals surface area (Å²) in [7, 11) is 3.73. The quantitative estimate of drug-likeness (QED) is 0.755. The summed E-state index contributed by atoms with van der Waals surface area (Å²) in [6.45, 7) is 2.50. The molecule has 1 aromatic carbocycles. The monoisotopic (exact) mass is 370 g/mol. The molecule has 1 saturated carbocycles. The zero-order valence-electron chi connectivity index (χ0n) is 16.0. The van der Waals surface area contributed by atoms with Crippen molar-refractivity contribution in [3.63, 3.8) is 0 Å². The van der Waals surface area contributed by atoms with E-state index in [9.17, 15) is 4.79 Å². The Labute approximate surface area is 161 Å².